The Balaban J connectivity index is 1.30. The van der Waals surface area contributed by atoms with E-state index in [-0.39, 0.29) is 37.1 Å². The summed E-state index contributed by atoms with van der Waals surface area (Å²) in [5.74, 6) is -2.68. The molecule has 4 heterocycles. The molecule has 0 aliphatic carbocycles. The minimum atomic E-state index is -1.21. The number of aromatic amines is 2. The van der Waals surface area contributed by atoms with Crippen LogP contribution in [-0.2, 0) is 47.8 Å². The van der Waals surface area contributed by atoms with Crippen molar-refractivity contribution in [1.29, 1.82) is 10.5 Å². The topological polar surface area (TPSA) is 141 Å². The first-order chi connectivity index (χ1) is 21.7. The van der Waals surface area contributed by atoms with E-state index in [9.17, 15) is 28.9 Å². The first-order valence-corrected chi connectivity index (χ1v) is 15.2. The second kappa shape index (κ2) is 11.7. The monoisotopic (exact) mass is 614 g/mol. The molecule has 0 radical (unpaired) electrons. The molecule has 0 fully saturated rings. The molecule has 2 unspecified atom stereocenters. The zero-order valence-corrected chi connectivity index (χ0v) is 25.1. The van der Waals surface area contributed by atoms with Crippen LogP contribution in [0.1, 0.15) is 86.0 Å². The van der Waals surface area contributed by atoms with E-state index in [2.05, 4.69) is 22.1 Å². The summed E-state index contributed by atoms with van der Waals surface area (Å²) in [4.78, 5) is 33.1. The number of fused-ring (bicyclic) bond motifs is 6. The van der Waals surface area contributed by atoms with Crippen LogP contribution in [0.15, 0.2) is 24.3 Å². The number of carbonyl (C=O) groups excluding carboxylic acids is 2. The number of H-pyrrole nitrogens is 2. The molecule has 0 amide bonds. The Hall–Kier alpha value is -4.58. The molecule has 0 bridgehead atoms. The molecule has 4 aromatic rings. The molecule has 2 aromatic heterocycles. The van der Waals surface area contributed by atoms with Crippen LogP contribution < -0.4 is 0 Å². The van der Waals surface area contributed by atoms with Gasteiger partial charge in [-0.25, -0.2) is 8.78 Å². The average molecular weight is 615 g/mol. The smallest absolute Gasteiger partial charge is 0.316 e. The van der Waals surface area contributed by atoms with Crippen molar-refractivity contribution < 1.29 is 32.6 Å². The first-order valence-electron chi connectivity index (χ1n) is 15.2. The fourth-order valence-electron chi connectivity index (χ4n) is 7.31. The minimum Gasteiger partial charge on any atom is -0.393 e. The van der Waals surface area contributed by atoms with Crippen LogP contribution >= 0.6 is 0 Å². The number of aromatic nitrogens is 2. The summed E-state index contributed by atoms with van der Waals surface area (Å²) in [6.45, 7) is 4.32. The third-order valence-electron chi connectivity index (χ3n) is 9.02. The molecular formula is C34H32F2N4O5. The molecule has 9 nitrogen and oxygen atoms in total. The number of esters is 2. The van der Waals surface area contributed by atoms with Gasteiger partial charge in [0.05, 0.1) is 71.7 Å². The number of carbonyl (C=O) groups is 2. The van der Waals surface area contributed by atoms with Crippen molar-refractivity contribution in [3.63, 3.8) is 0 Å². The van der Waals surface area contributed by atoms with Gasteiger partial charge >= 0.3 is 11.9 Å². The van der Waals surface area contributed by atoms with Gasteiger partial charge in [0.1, 0.15) is 22.8 Å². The third kappa shape index (κ3) is 4.97. The molecule has 0 saturated carbocycles. The highest BCUT2D eigenvalue weighted by Crippen LogP contribution is 2.45. The van der Waals surface area contributed by atoms with Crippen LogP contribution in [0.4, 0.5) is 8.78 Å². The summed E-state index contributed by atoms with van der Waals surface area (Å²) in [5.41, 5.74) is 1.01. The fraction of sp³-hybridized carbons (Fsp3) is 0.412. The lowest BCUT2D eigenvalue weighted by molar-refractivity contribution is -0.171. The maximum Gasteiger partial charge on any atom is 0.316 e. The van der Waals surface area contributed by atoms with Crippen molar-refractivity contribution >= 4 is 33.7 Å². The number of benzene rings is 2. The summed E-state index contributed by atoms with van der Waals surface area (Å²) >= 11 is 0. The van der Waals surface area contributed by atoms with Gasteiger partial charge in [0.25, 0.3) is 0 Å². The zero-order chi connectivity index (χ0) is 31.9. The van der Waals surface area contributed by atoms with Crippen LogP contribution in [-0.4, -0.2) is 35.1 Å². The number of hydrogen-bond acceptors (Lipinski definition) is 7. The molecular weight excluding hydrogens is 582 g/mol. The van der Waals surface area contributed by atoms with Crippen molar-refractivity contribution in [2.24, 2.45) is 0 Å². The molecule has 0 saturated heterocycles. The summed E-state index contributed by atoms with van der Waals surface area (Å²) in [7, 11) is 0. The Kier molecular flexibility index (Phi) is 7.94. The number of nitriles is 2. The highest BCUT2D eigenvalue weighted by Gasteiger charge is 2.45. The Morgan fingerprint density at radius 2 is 1.22 bits per heavy atom. The molecule has 232 valence electrons. The van der Waals surface area contributed by atoms with Gasteiger partial charge < -0.3 is 24.2 Å². The summed E-state index contributed by atoms with van der Waals surface area (Å²) in [6.07, 6.45) is 2.21. The van der Waals surface area contributed by atoms with E-state index in [1.807, 2.05) is 13.8 Å². The Morgan fingerprint density at radius 3 is 1.60 bits per heavy atom. The van der Waals surface area contributed by atoms with Gasteiger partial charge in [-0.2, -0.15) is 10.5 Å². The minimum absolute atomic E-state index is 0.176. The molecule has 11 heteroatoms. The van der Waals surface area contributed by atoms with Crippen LogP contribution in [0, 0.1) is 34.3 Å². The van der Waals surface area contributed by atoms with Crippen molar-refractivity contribution in [2.45, 2.75) is 76.4 Å². The SMILES string of the molecule is CCCC1(CC(=O)OC(=O)CC2(CCC)OCCc3c2[nH]c2c(F)ccc(C#N)c32)OCCc2c1[nH]c1c(F)ccc(C#N)c21. The zero-order valence-electron chi connectivity index (χ0n) is 25.1. The van der Waals surface area contributed by atoms with E-state index in [1.165, 1.54) is 24.3 Å². The predicted octanol–water partition coefficient (Wildman–Crippen LogP) is 6.36. The van der Waals surface area contributed by atoms with Gasteiger partial charge in [-0.05, 0) is 61.1 Å². The Labute approximate surface area is 258 Å². The molecule has 2 aromatic carbocycles. The lowest BCUT2D eigenvalue weighted by atomic mass is 9.84. The van der Waals surface area contributed by atoms with E-state index < -0.39 is 34.8 Å². The van der Waals surface area contributed by atoms with E-state index >= 15 is 0 Å². The molecule has 2 atom stereocenters. The fourth-order valence-corrected chi connectivity index (χ4v) is 7.31. The number of rotatable bonds is 8. The standard InChI is InChI=1S/C34H32F2N4O5/c1-3-11-33(31-21(9-13-43-33)27-19(17-37)5-7-23(35)29(27)39-31)15-25(41)45-26(42)16-34(12-4-2)32-22(10-14-44-34)28-20(18-38)6-8-24(36)30(28)40-32/h5-8,39-40H,3-4,9-16H2,1-2H3. The van der Waals surface area contributed by atoms with Crippen molar-refractivity contribution in [1.82, 2.24) is 9.97 Å². The molecule has 45 heavy (non-hydrogen) atoms. The maximum atomic E-state index is 14.9. The number of ether oxygens (including phenoxy) is 3. The van der Waals surface area contributed by atoms with Crippen LogP contribution in [0.3, 0.4) is 0 Å². The first kappa shape index (κ1) is 30.4. The van der Waals surface area contributed by atoms with E-state index in [4.69, 9.17) is 14.2 Å². The van der Waals surface area contributed by atoms with Gasteiger partial charge in [-0.15, -0.1) is 0 Å². The maximum absolute atomic E-state index is 14.9. The normalized spacial score (nSPS) is 20.8. The lowest BCUT2D eigenvalue weighted by Gasteiger charge is -2.37. The van der Waals surface area contributed by atoms with Gasteiger partial charge in [-0.3, -0.25) is 9.59 Å². The molecule has 2 aliphatic rings. The second-order valence-electron chi connectivity index (χ2n) is 11.8. The quantitative estimate of drug-likeness (QED) is 0.174. The van der Waals surface area contributed by atoms with Gasteiger partial charge in [-0.1, -0.05) is 26.7 Å². The van der Waals surface area contributed by atoms with Gasteiger partial charge in [0.15, 0.2) is 0 Å². The van der Waals surface area contributed by atoms with Crippen molar-refractivity contribution in [3.05, 3.63) is 69.5 Å². The van der Waals surface area contributed by atoms with Crippen LogP contribution in [0.25, 0.3) is 21.8 Å². The highest BCUT2D eigenvalue weighted by molar-refractivity contribution is 5.93. The average Bonchev–Trinajstić information content (AvgIpc) is 3.61. The lowest BCUT2D eigenvalue weighted by Crippen LogP contribution is -2.40. The summed E-state index contributed by atoms with van der Waals surface area (Å²) in [6, 6.07) is 9.57. The Morgan fingerprint density at radius 1 is 0.800 bits per heavy atom. The van der Waals surface area contributed by atoms with Gasteiger partial charge in [0, 0.05) is 10.8 Å². The summed E-state index contributed by atoms with van der Waals surface area (Å²) < 4.78 is 47.5. The van der Waals surface area contributed by atoms with Crippen LogP contribution in [0.2, 0.25) is 0 Å². The number of nitrogens with one attached hydrogen (secondary N) is 2. The third-order valence-corrected chi connectivity index (χ3v) is 9.02. The predicted molar refractivity (Wildman–Crippen MR) is 159 cm³/mol. The number of nitrogens with zero attached hydrogens (tertiary/aromatic N) is 2. The molecule has 6 rings (SSSR count). The summed E-state index contributed by atoms with van der Waals surface area (Å²) in [5, 5.41) is 20.3. The van der Waals surface area contributed by atoms with Crippen molar-refractivity contribution in [3.8, 4) is 12.1 Å². The van der Waals surface area contributed by atoms with E-state index in [0.717, 1.165) is 0 Å². The molecule has 0 spiro atoms. The molecule has 2 N–H and O–H groups in total. The largest absolute Gasteiger partial charge is 0.393 e. The van der Waals surface area contributed by atoms with E-state index in [0.29, 0.717) is 82.9 Å². The van der Waals surface area contributed by atoms with Crippen LogP contribution in [0.5, 0.6) is 0 Å². The van der Waals surface area contributed by atoms with Crippen molar-refractivity contribution in [2.75, 3.05) is 13.2 Å². The Bertz CT molecular complexity index is 1790. The number of halogens is 2. The second-order valence-corrected chi connectivity index (χ2v) is 11.8. The number of hydrogen-bond donors (Lipinski definition) is 2. The molecule has 2 aliphatic heterocycles. The van der Waals surface area contributed by atoms with Gasteiger partial charge in [0.2, 0.25) is 0 Å². The highest BCUT2D eigenvalue weighted by atomic mass is 19.1. The van der Waals surface area contributed by atoms with E-state index in [1.54, 1.807) is 0 Å².